The summed E-state index contributed by atoms with van der Waals surface area (Å²) in [6, 6.07) is 9.77. The molecule has 0 fully saturated rings. The van der Waals surface area contributed by atoms with E-state index in [0.29, 0.717) is 18.1 Å². The molecule has 0 amide bonds. The van der Waals surface area contributed by atoms with Gasteiger partial charge in [-0.3, -0.25) is 4.79 Å². The van der Waals surface area contributed by atoms with Crippen LogP contribution in [0.25, 0.3) is 6.08 Å². The summed E-state index contributed by atoms with van der Waals surface area (Å²) in [6.45, 7) is 3.76. The van der Waals surface area contributed by atoms with Gasteiger partial charge in [-0.15, -0.1) is 0 Å². The van der Waals surface area contributed by atoms with Gasteiger partial charge in [0.1, 0.15) is 11.9 Å². The summed E-state index contributed by atoms with van der Waals surface area (Å²) in [5.74, 6) is 0.218. The first-order chi connectivity index (χ1) is 10.1. The van der Waals surface area contributed by atoms with Crippen LogP contribution in [-0.2, 0) is 14.3 Å². The number of benzene rings is 1. The van der Waals surface area contributed by atoms with Gasteiger partial charge in [0.25, 0.3) is 0 Å². The Morgan fingerprint density at radius 1 is 1.33 bits per heavy atom. The molecule has 1 aromatic rings. The molecule has 0 radical (unpaired) electrons. The quantitative estimate of drug-likeness (QED) is 0.864. The third-order valence-electron chi connectivity index (χ3n) is 2.98. The molecule has 2 rings (SSSR count). The Labute approximate surface area is 124 Å². The van der Waals surface area contributed by atoms with E-state index >= 15 is 0 Å². The van der Waals surface area contributed by atoms with Crippen LogP contribution in [-0.4, -0.2) is 18.7 Å². The van der Waals surface area contributed by atoms with Crippen LogP contribution in [0.1, 0.15) is 19.4 Å². The maximum absolute atomic E-state index is 11.3. The molecular formula is C17H19NO3. The van der Waals surface area contributed by atoms with Gasteiger partial charge in [-0.2, -0.15) is 0 Å². The van der Waals surface area contributed by atoms with Crippen LogP contribution in [0.3, 0.4) is 0 Å². The minimum absolute atomic E-state index is 0.347. The number of ether oxygens (including phenoxy) is 2. The Morgan fingerprint density at radius 2 is 2.05 bits per heavy atom. The predicted molar refractivity (Wildman–Crippen MR) is 82.0 cm³/mol. The fourth-order valence-electron chi connectivity index (χ4n) is 2.14. The molecule has 1 atom stereocenters. The van der Waals surface area contributed by atoms with E-state index in [0.717, 1.165) is 11.1 Å². The van der Waals surface area contributed by atoms with Crippen LogP contribution in [0, 0.1) is 0 Å². The zero-order valence-corrected chi connectivity index (χ0v) is 12.2. The Hall–Kier alpha value is -2.49. The van der Waals surface area contributed by atoms with E-state index < -0.39 is 6.10 Å². The molecule has 0 aliphatic heterocycles. The fraction of sp³-hybridized carbons (Fsp3) is 0.235. The largest absolute Gasteiger partial charge is 0.491 e. The Bertz CT molecular complexity index is 600. The molecule has 0 aromatic heterocycles. The van der Waals surface area contributed by atoms with Crippen molar-refractivity contribution in [3.05, 3.63) is 65.1 Å². The monoisotopic (exact) mass is 285 g/mol. The molecule has 0 saturated heterocycles. The molecular weight excluding hydrogens is 266 g/mol. The maximum Gasteiger partial charge on any atom is 0.303 e. The average Bonchev–Trinajstić information content (AvgIpc) is 2.46. The van der Waals surface area contributed by atoms with Gasteiger partial charge in [0.05, 0.1) is 12.3 Å². The van der Waals surface area contributed by atoms with Crippen molar-refractivity contribution >= 4 is 12.0 Å². The lowest BCUT2D eigenvalue weighted by molar-refractivity contribution is -0.142. The van der Waals surface area contributed by atoms with Crippen molar-refractivity contribution in [2.45, 2.75) is 20.0 Å². The van der Waals surface area contributed by atoms with Gasteiger partial charge in [-0.05, 0) is 30.7 Å². The highest BCUT2D eigenvalue weighted by Gasteiger charge is 2.25. The van der Waals surface area contributed by atoms with Crippen LogP contribution >= 0.6 is 0 Å². The first-order valence-electron chi connectivity index (χ1n) is 6.86. The minimum atomic E-state index is -0.489. The van der Waals surface area contributed by atoms with Gasteiger partial charge in [0, 0.05) is 12.5 Å². The number of esters is 1. The van der Waals surface area contributed by atoms with E-state index in [1.807, 2.05) is 43.3 Å². The highest BCUT2D eigenvalue weighted by Crippen LogP contribution is 2.28. The highest BCUT2D eigenvalue weighted by molar-refractivity contribution is 5.69. The lowest BCUT2D eigenvalue weighted by atomic mass is 9.97. The van der Waals surface area contributed by atoms with Crippen LogP contribution in [0.4, 0.5) is 0 Å². The molecule has 1 aromatic carbocycles. The highest BCUT2D eigenvalue weighted by atomic mass is 16.5. The summed E-state index contributed by atoms with van der Waals surface area (Å²) >= 11 is 0. The molecule has 0 bridgehead atoms. The molecule has 1 unspecified atom stereocenters. The van der Waals surface area contributed by atoms with Gasteiger partial charge >= 0.3 is 5.97 Å². The summed E-state index contributed by atoms with van der Waals surface area (Å²) in [5.41, 5.74) is 8.26. The van der Waals surface area contributed by atoms with Crippen molar-refractivity contribution in [2.75, 3.05) is 6.61 Å². The zero-order chi connectivity index (χ0) is 15.2. The first-order valence-corrected chi connectivity index (χ1v) is 6.86. The van der Waals surface area contributed by atoms with Gasteiger partial charge in [0.2, 0.25) is 0 Å². The second-order valence-corrected chi connectivity index (χ2v) is 4.62. The number of hydrogen-bond acceptors (Lipinski definition) is 4. The number of carbonyl (C=O) groups excluding carboxylic acids is 1. The number of allylic oxidation sites excluding steroid dienone is 1. The molecule has 1 aliphatic rings. The van der Waals surface area contributed by atoms with E-state index in [-0.39, 0.29) is 5.97 Å². The summed E-state index contributed by atoms with van der Waals surface area (Å²) in [5, 5.41) is 0. The van der Waals surface area contributed by atoms with Crippen LogP contribution in [0.5, 0.6) is 0 Å². The normalized spacial score (nSPS) is 19.7. The van der Waals surface area contributed by atoms with Gasteiger partial charge < -0.3 is 15.2 Å². The number of nitrogens with two attached hydrogens (primary N) is 1. The smallest absolute Gasteiger partial charge is 0.303 e. The van der Waals surface area contributed by atoms with Crippen LogP contribution in [0.2, 0.25) is 0 Å². The Kier molecular flexibility index (Phi) is 4.82. The van der Waals surface area contributed by atoms with Crippen molar-refractivity contribution < 1.29 is 14.3 Å². The number of hydrogen-bond donors (Lipinski definition) is 1. The van der Waals surface area contributed by atoms with Crippen molar-refractivity contribution in [1.82, 2.24) is 0 Å². The topological polar surface area (TPSA) is 61.6 Å². The lowest BCUT2D eigenvalue weighted by Gasteiger charge is -2.24. The second-order valence-electron chi connectivity index (χ2n) is 4.62. The van der Waals surface area contributed by atoms with Gasteiger partial charge in [-0.1, -0.05) is 30.3 Å². The molecule has 4 nitrogen and oxygen atoms in total. The molecule has 0 heterocycles. The zero-order valence-electron chi connectivity index (χ0n) is 12.2. The molecule has 21 heavy (non-hydrogen) atoms. The van der Waals surface area contributed by atoms with Crippen LogP contribution < -0.4 is 5.73 Å². The van der Waals surface area contributed by atoms with E-state index in [2.05, 4.69) is 0 Å². The summed E-state index contributed by atoms with van der Waals surface area (Å²) in [6.07, 6.45) is 4.90. The number of carbonyl (C=O) groups is 1. The minimum Gasteiger partial charge on any atom is -0.491 e. The maximum atomic E-state index is 11.3. The van der Waals surface area contributed by atoms with E-state index in [4.69, 9.17) is 15.2 Å². The molecule has 0 saturated carbocycles. The molecule has 1 aliphatic carbocycles. The van der Waals surface area contributed by atoms with Gasteiger partial charge in [0.15, 0.2) is 0 Å². The SMILES string of the molecule is CCOC1=C(N)C=CC(OC(C)=O)C1=Cc1ccccc1. The molecule has 2 N–H and O–H groups in total. The third-order valence-corrected chi connectivity index (χ3v) is 2.98. The third kappa shape index (κ3) is 3.75. The molecule has 0 spiro atoms. The first kappa shape index (κ1) is 14.9. The van der Waals surface area contributed by atoms with E-state index in [9.17, 15) is 4.79 Å². The van der Waals surface area contributed by atoms with E-state index in [1.54, 1.807) is 12.2 Å². The van der Waals surface area contributed by atoms with Crippen molar-refractivity contribution in [2.24, 2.45) is 5.73 Å². The van der Waals surface area contributed by atoms with Crippen molar-refractivity contribution in [3.63, 3.8) is 0 Å². The summed E-state index contributed by atoms with van der Waals surface area (Å²) < 4.78 is 11.0. The Morgan fingerprint density at radius 3 is 2.67 bits per heavy atom. The fourth-order valence-corrected chi connectivity index (χ4v) is 2.14. The summed E-state index contributed by atoms with van der Waals surface area (Å²) in [7, 11) is 0. The predicted octanol–water partition coefficient (Wildman–Crippen LogP) is 2.78. The Balaban J connectivity index is 2.43. The van der Waals surface area contributed by atoms with E-state index in [1.165, 1.54) is 6.92 Å². The van der Waals surface area contributed by atoms with Crippen molar-refractivity contribution in [1.29, 1.82) is 0 Å². The standard InChI is InChI=1S/C17H19NO3/c1-3-20-17-14(11-13-7-5-4-6-8-13)16(21-12(2)19)10-9-15(17)18/h4-11,16H,3,18H2,1-2H3. The van der Waals surface area contributed by atoms with Crippen LogP contribution in [0.15, 0.2) is 59.5 Å². The number of rotatable bonds is 4. The molecule has 4 heteroatoms. The second kappa shape index (κ2) is 6.79. The van der Waals surface area contributed by atoms with Crippen molar-refractivity contribution in [3.8, 4) is 0 Å². The summed E-state index contributed by atoms with van der Waals surface area (Å²) in [4.78, 5) is 11.3. The van der Waals surface area contributed by atoms with Gasteiger partial charge in [-0.25, -0.2) is 0 Å². The average molecular weight is 285 g/mol. The molecule has 110 valence electrons. The lowest BCUT2D eigenvalue weighted by Crippen LogP contribution is -2.24.